The Kier molecular flexibility index (Phi) is 5.62. The van der Waals surface area contributed by atoms with Crippen LogP contribution in [0.4, 0.5) is 14.5 Å². The summed E-state index contributed by atoms with van der Waals surface area (Å²) in [6.07, 6.45) is 0.395. The monoisotopic (exact) mass is 418 g/mol. The molecule has 0 saturated carbocycles. The molecule has 1 aliphatic rings. The summed E-state index contributed by atoms with van der Waals surface area (Å²) in [5.74, 6) is -1.68. The first-order valence-electron chi connectivity index (χ1n) is 9.87. The Bertz CT molecular complexity index is 1150. The Labute approximate surface area is 178 Å². The van der Waals surface area contributed by atoms with Gasteiger partial charge in [-0.05, 0) is 60.9 Å². The maximum absolute atomic E-state index is 13.4. The Morgan fingerprint density at radius 2 is 1.35 bits per heavy atom. The molecule has 0 radical (unpaired) electrons. The van der Waals surface area contributed by atoms with Crippen molar-refractivity contribution in [3.8, 4) is 0 Å². The predicted molar refractivity (Wildman–Crippen MR) is 115 cm³/mol. The van der Waals surface area contributed by atoms with E-state index in [-0.39, 0.29) is 23.6 Å². The topological polar surface area (TPSA) is 49.4 Å². The molecule has 1 aliphatic heterocycles. The quantitative estimate of drug-likeness (QED) is 0.590. The summed E-state index contributed by atoms with van der Waals surface area (Å²) >= 11 is 0. The lowest BCUT2D eigenvalue weighted by molar-refractivity contribution is -0.136. The maximum atomic E-state index is 13.4. The summed E-state index contributed by atoms with van der Waals surface area (Å²) in [4.78, 5) is 27.5. The van der Waals surface area contributed by atoms with E-state index in [9.17, 15) is 18.4 Å². The molecule has 0 bridgehead atoms. The number of nitrogens with zero attached hydrogens (tertiary/aromatic N) is 1. The highest BCUT2D eigenvalue weighted by Crippen LogP contribution is 2.31. The summed E-state index contributed by atoms with van der Waals surface area (Å²) in [6, 6.07) is 18.8. The van der Waals surface area contributed by atoms with E-state index >= 15 is 0 Å². The molecule has 0 spiro atoms. The average Bonchev–Trinajstić information content (AvgIpc) is 2.99. The number of nitrogens with one attached hydrogen (secondary N) is 1. The van der Waals surface area contributed by atoms with Gasteiger partial charge in [0, 0.05) is 12.2 Å². The van der Waals surface area contributed by atoms with Gasteiger partial charge in [0.05, 0.1) is 5.57 Å². The standard InChI is InChI=1S/C25H20F2N2O2/c1-16-2-12-21(13-3-16)28-23-22(18-6-10-20(27)11-7-18)24(30)29(25(23)31)15-14-17-4-8-19(26)9-5-17/h2-13,28H,14-15H2,1H3. The highest BCUT2D eigenvalue weighted by molar-refractivity contribution is 6.36. The van der Waals surface area contributed by atoms with Crippen LogP contribution < -0.4 is 5.32 Å². The molecule has 4 rings (SSSR count). The second kappa shape index (κ2) is 8.52. The molecule has 0 atom stereocenters. The summed E-state index contributed by atoms with van der Waals surface area (Å²) in [5, 5.41) is 3.07. The lowest BCUT2D eigenvalue weighted by atomic mass is 10.0. The molecule has 31 heavy (non-hydrogen) atoms. The van der Waals surface area contributed by atoms with E-state index in [4.69, 9.17) is 0 Å². The van der Waals surface area contributed by atoms with Gasteiger partial charge < -0.3 is 5.32 Å². The largest absolute Gasteiger partial charge is 0.350 e. The number of imide groups is 1. The van der Waals surface area contributed by atoms with E-state index in [1.165, 1.54) is 41.3 Å². The lowest BCUT2D eigenvalue weighted by Crippen LogP contribution is -2.34. The van der Waals surface area contributed by atoms with Crippen LogP contribution in [0.15, 0.2) is 78.5 Å². The van der Waals surface area contributed by atoms with Crippen molar-refractivity contribution >= 4 is 23.1 Å². The molecule has 0 aromatic heterocycles. The van der Waals surface area contributed by atoms with Crippen molar-refractivity contribution in [2.24, 2.45) is 0 Å². The normalized spacial score (nSPS) is 13.8. The second-order valence-electron chi connectivity index (χ2n) is 7.39. The van der Waals surface area contributed by atoms with Crippen LogP contribution in [0.2, 0.25) is 0 Å². The number of amides is 2. The molecule has 4 nitrogen and oxygen atoms in total. The third kappa shape index (κ3) is 4.38. The van der Waals surface area contributed by atoms with Crippen molar-refractivity contribution in [1.29, 1.82) is 0 Å². The van der Waals surface area contributed by atoms with Gasteiger partial charge in [-0.3, -0.25) is 14.5 Å². The average molecular weight is 418 g/mol. The third-order valence-electron chi connectivity index (χ3n) is 5.16. The fourth-order valence-electron chi connectivity index (χ4n) is 3.45. The number of rotatable bonds is 6. The van der Waals surface area contributed by atoms with Crippen LogP contribution in [-0.2, 0) is 16.0 Å². The molecule has 0 unspecified atom stereocenters. The first kappa shape index (κ1) is 20.5. The minimum Gasteiger partial charge on any atom is -0.350 e. The molecule has 2 amide bonds. The zero-order valence-corrected chi connectivity index (χ0v) is 16.9. The number of benzene rings is 3. The summed E-state index contributed by atoms with van der Waals surface area (Å²) < 4.78 is 26.6. The van der Waals surface area contributed by atoms with E-state index in [0.29, 0.717) is 17.7 Å². The minimum atomic E-state index is -0.452. The van der Waals surface area contributed by atoms with Crippen molar-refractivity contribution in [3.63, 3.8) is 0 Å². The van der Waals surface area contributed by atoms with E-state index in [2.05, 4.69) is 5.32 Å². The van der Waals surface area contributed by atoms with Crippen molar-refractivity contribution in [2.45, 2.75) is 13.3 Å². The van der Waals surface area contributed by atoms with Gasteiger partial charge in [0.15, 0.2) is 0 Å². The molecule has 0 aliphatic carbocycles. The van der Waals surface area contributed by atoms with E-state index in [1.54, 1.807) is 12.1 Å². The van der Waals surface area contributed by atoms with Gasteiger partial charge in [-0.2, -0.15) is 0 Å². The molecule has 0 fully saturated rings. The Morgan fingerprint density at radius 1 is 0.774 bits per heavy atom. The summed E-state index contributed by atoms with van der Waals surface area (Å²) in [6.45, 7) is 2.10. The Balaban J connectivity index is 1.64. The number of carbonyl (C=O) groups excluding carboxylic acids is 2. The highest BCUT2D eigenvalue weighted by atomic mass is 19.1. The molecule has 1 N–H and O–H groups in total. The lowest BCUT2D eigenvalue weighted by Gasteiger charge is -2.15. The van der Waals surface area contributed by atoms with E-state index in [0.717, 1.165) is 11.1 Å². The minimum absolute atomic E-state index is 0.146. The Morgan fingerprint density at radius 3 is 1.97 bits per heavy atom. The molecule has 3 aromatic rings. The van der Waals surface area contributed by atoms with Gasteiger partial charge in [0.2, 0.25) is 0 Å². The van der Waals surface area contributed by atoms with Crippen molar-refractivity contribution in [2.75, 3.05) is 11.9 Å². The number of carbonyl (C=O) groups is 2. The first-order valence-corrected chi connectivity index (χ1v) is 9.87. The first-order chi connectivity index (χ1) is 14.9. The van der Waals surface area contributed by atoms with E-state index in [1.807, 2.05) is 31.2 Å². The zero-order chi connectivity index (χ0) is 22.0. The molecule has 1 heterocycles. The van der Waals surface area contributed by atoms with Crippen LogP contribution in [0.3, 0.4) is 0 Å². The van der Waals surface area contributed by atoms with Crippen LogP contribution in [0.25, 0.3) is 5.57 Å². The third-order valence-corrected chi connectivity index (χ3v) is 5.16. The predicted octanol–water partition coefficient (Wildman–Crippen LogP) is 4.71. The number of halogens is 2. The molecule has 6 heteroatoms. The van der Waals surface area contributed by atoms with Crippen molar-refractivity contribution in [1.82, 2.24) is 4.90 Å². The molecular formula is C25H20F2N2O2. The molecule has 3 aromatic carbocycles. The van der Waals surface area contributed by atoms with Crippen LogP contribution in [-0.4, -0.2) is 23.3 Å². The summed E-state index contributed by atoms with van der Waals surface area (Å²) in [7, 11) is 0. The van der Waals surface area contributed by atoms with Crippen LogP contribution in [0, 0.1) is 18.6 Å². The van der Waals surface area contributed by atoms with Gasteiger partial charge in [-0.25, -0.2) is 8.78 Å². The maximum Gasteiger partial charge on any atom is 0.278 e. The number of hydrogen-bond acceptors (Lipinski definition) is 3. The Hall–Kier alpha value is -3.80. The highest BCUT2D eigenvalue weighted by Gasteiger charge is 2.38. The smallest absolute Gasteiger partial charge is 0.278 e. The fourth-order valence-corrected chi connectivity index (χ4v) is 3.45. The van der Waals surface area contributed by atoms with Gasteiger partial charge in [-0.15, -0.1) is 0 Å². The van der Waals surface area contributed by atoms with Crippen molar-refractivity contribution < 1.29 is 18.4 Å². The van der Waals surface area contributed by atoms with Crippen LogP contribution >= 0.6 is 0 Å². The van der Waals surface area contributed by atoms with Gasteiger partial charge in [0.25, 0.3) is 11.8 Å². The fraction of sp³-hybridized carbons (Fsp3) is 0.120. The van der Waals surface area contributed by atoms with Crippen LogP contribution in [0.5, 0.6) is 0 Å². The number of aryl methyl sites for hydroxylation is 1. The van der Waals surface area contributed by atoms with Gasteiger partial charge in [0.1, 0.15) is 17.3 Å². The van der Waals surface area contributed by atoms with Crippen molar-refractivity contribution in [3.05, 3.63) is 107 Å². The molecule has 156 valence electrons. The number of hydrogen-bond donors (Lipinski definition) is 1. The number of anilines is 1. The summed E-state index contributed by atoms with van der Waals surface area (Å²) in [5.41, 5.74) is 3.35. The van der Waals surface area contributed by atoms with Gasteiger partial charge in [-0.1, -0.05) is 42.0 Å². The molecular weight excluding hydrogens is 398 g/mol. The second-order valence-corrected chi connectivity index (χ2v) is 7.39. The van der Waals surface area contributed by atoms with E-state index < -0.39 is 17.6 Å². The SMILES string of the molecule is Cc1ccc(NC2=C(c3ccc(F)cc3)C(=O)N(CCc3ccc(F)cc3)C2=O)cc1. The molecule has 0 saturated heterocycles. The van der Waals surface area contributed by atoms with Crippen LogP contribution in [0.1, 0.15) is 16.7 Å². The van der Waals surface area contributed by atoms with Gasteiger partial charge >= 0.3 is 0 Å². The zero-order valence-electron chi connectivity index (χ0n) is 16.9.